The molecule has 0 spiro atoms. The van der Waals surface area contributed by atoms with E-state index in [1.54, 1.807) is 4.90 Å². The number of carbonyl (C=O) groups excluding carboxylic acids is 1. The Morgan fingerprint density at radius 2 is 1.90 bits per heavy atom. The van der Waals surface area contributed by atoms with Gasteiger partial charge in [0.25, 0.3) is 0 Å². The predicted molar refractivity (Wildman–Crippen MR) is 76.1 cm³/mol. The Morgan fingerprint density at radius 1 is 1.14 bits per heavy atom. The molecule has 0 aromatic carbocycles. The third-order valence-corrected chi connectivity index (χ3v) is 5.04. The lowest BCUT2D eigenvalue weighted by atomic mass is 10.1. The van der Waals surface area contributed by atoms with Crippen molar-refractivity contribution in [3.63, 3.8) is 0 Å². The first-order valence-corrected chi connectivity index (χ1v) is 8.07. The average Bonchev–Trinajstić information content (AvgIpc) is 3.13. The number of fused-ring (bicyclic) bond motifs is 1. The van der Waals surface area contributed by atoms with E-state index < -0.39 is 5.97 Å². The van der Waals surface area contributed by atoms with E-state index in [1.165, 1.54) is 0 Å². The smallest absolute Gasteiger partial charge is 0.323 e. The third kappa shape index (κ3) is 3.00. The van der Waals surface area contributed by atoms with E-state index in [9.17, 15) is 9.59 Å². The number of amides is 2. The van der Waals surface area contributed by atoms with Gasteiger partial charge in [-0.2, -0.15) is 0 Å². The van der Waals surface area contributed by atoms with Gasteiger partial charge in [0.15, 0.2) is 0 Å². The lowest BCUT2D eigenvalue weighted by Gasteiger charge is -2.41. The van der Waals surface area contributed by atoms with Gasteiger partial charge in [0, 0.05) is 12.6 Å². The Kier molecular flexibility index (Phi) is 4.33. The molecule has 1 aliphatic heterocycles. The zero-order chi connectivity index (χ0) is 14.8. The molecule has 3 aliphatic rings. The standard InChI is InChI=1S/C15H24N2O4/c18-14(19)10-17(11-4-1-2-5-11)15(20)16-8-9-21-13-7-3-6-12(13)16/h11-13H,1-10H2,(H,18,19). The molecule has 0 aromatic rings. The summed E-state index contributed by atoms with van der Waals surface area (Å²) in [4.78, 5) is 27.5. The average molecular weight is 296 g/mol. The SMILES string of the molecule is O=C(O)CN(C(=O)N1CCOC2CCCC21)C1CCCC1. The molecule has 21 heavy (non-hydrogen) atoms. The number of carboxylic acids is 1. The molecule has 2 saturated carbocycles. The zero-order valence-electron chi connectivity index (χ0n) is 12.4. The van der Waals surface area contributed by atoms with Gasteiger partial charge in [0.1, 0.15) is 6.54 Å². The van der Waals surface area contributed by atoms with E-state index in [4.69, 9.17) is 9.84 Å². The molecule has 1 heterocycles. The summed E-state index contributed by atoms with van der Waals surface area (Å²) < 4.78 is 5.74. The number of ether oxygens (including phenoxy) is 1. The van der Waals surface area contributed by atoms with Crippen LogP contribution < -0.4 is 0 Å². The summed E-state index contributed by atoms with van der Waals surface area (Å²) in [6.07, 6.45) is 7.25. The molecule has 3 rings (SSSR count). The first-order chi connectivity index (χ1) is 10.2. The highest BCUT2D eigenvalue weighted by Crippen LogP contribution is 2.32. The fourth-order valence-corrected chi connectivity index (χ4v) is 4.04. The maximum absolute atomic E-state index is 12.9. The number of urea groups is 1. The molecule has 118 valence electrons. The molecule has 6 nitrogen and oxygen atoms in total. The Morgan fingerprint density at radius 3 is 2.62 bits per heavy atom. The number of carbonyl (C=O) groups is 2. The van der Waals surface area contributed by atoms with Crippen molar-refractivity contribution in [1.82, 2.24) is 9.80 Å². The van der Waals surface area contributed by atoms with Crippen LogP contribution in [0.3, 0.4) is 0 Å². The molecule has 0 aromatic heterocycles. The lowest BCUT2D eigenvalue weighted by molar-refractivity contribution is -0.138. The first kappa shape index (κ1) is 14.6. The van der Waals surface area contributed by atoms with Gasteiger partial charge in [0.2, 0.25) is 0 Å². The van der Waals surface area contributed by atoms with Crippen LogP contribution in [0.15, 0.2) is 0 Å². The number of hydrogen-bond donors (Lipinski definition) is 1. The van der Waals surface area contributed by atoms with Crippen LogP contribution in [0, 0.1) is 0 Å². The number of carboxylic acid groups (broad SMARTS) is 1. The Hall–Kier alpha value is -1.30. The molecule has 2 aliphatic carbocycles. The summed E-state index contributed by atoms with van der Waals surface area (Å²) in [6, 6.07) is 0.143. The molecular weight excluding hydrogens is 272 g/mol. The molecule has 2 atom stereocenters. The fraction of sp³-hybridized carbons (Fsp3) is 0.867. The second-order valence-electron chi connectivity index (χ2n) is 6.34. The van der Waals surface area contributed by atoms with Crippen molar-refractivity contribution >= 4 is 12.0 Å². The fourth-order valence-electron chi connectivity index (χ4n) is 4.04. The maximum Gasteiger partial charge on any atom is 0.323 e. The van der Waals surface area contributed by atoms with Crippen molar-refractivity contribution in [3.05, 3.63) is 0 Å². The molecule has 2 amide bonds. The highest BCUT2D eigenvalue weighted by molar-refractivity contribution is 5.81. The number of nitrogens with zero attached hydrogens (tertiary/aromatic N) is 2. The van der Waals surface area contributed by atoms with Crippen molar-refractivity contribution in [1.29, 1.82) is 0 Å². The summed E-state index contributed by atoms with van der Waals surface area (Å²) in [7, 11) is 0. The van der Waals surface area contributed by atoms with Crippen LogP contribution in [0.2, 0.25) is 0 Å². The van der Waals surface area contributed by atoms with Gasteiger partial charge in [-0.15, -0.1) is 0 Å². The van der Waals surface area contributed by atoms with Crippen LogP contribution in [0.4, 0.5) is 4.79 Å². The molecule has 0 bridgehead atoms. The van der Waals surface area contributed by atoms with Gasteiger partial charge in [-0.25, -0.2) is 4.79 Å². The second kappa shape index (κ2) is 6.22. The number of morpholine rings is 1. The predicted octanol–water partition coefficient (Wildman–Crippen LogP) is 1.69. The van der Waals surface area contributed by atoms with Crippen LogP contribution in [0.1, 0.15) is 44.9 Å². The minimum Gasteiger partial charge on any atom is -0.480 e. The van der Waals surface area contributed by atoms with E-state index in [0.717, 1.165) is 44.9 Å². The van der Waals surface area contributed by atoms with Crippen LogP contribution >= 0.6 is 0 Å². The van der Waals surface area contributed by atoms with Gasteiger partial charge in [-0.1, -0.05) is 12.8 Å². The Balaban J connectivity index is 1.74. The van der Waals surface area contributed by atoms with Gasteiger partial charge < -0.3 is 19.6 Å². The van der Waals surface area contributed by atoms with E-state index >= 15 is 0 Å². The van der Waals surface area contributed by atoms with Gasteiger partial charge in [-0.05, 0) is 32.1 Å². The molecule has 0 radical (unpaired) electrons. The van der Waals surface area contributed by atoms with Crippen LogP contribution in [0.5, 0.6) is 0 Å². The summed E-state index contributed by atoms with van der Waals surface area (Å²) in [5, 5.41) is 9.14. The molecule has 3 fully saturated rings. The number of aliphatic carboxylic acids is 1. The number of hydrogen-bond acceptors (Lipinski definition) is 3. The number of rotatable bonds is 3. The highest BCUT2D eigenvalue weighted by atomic mass is 16.5. The quantitative estimate of drug-likeness (QED) is 0.860. The topological polar surface area (TPSA) is 70.1 Å². The monoisotopic (exact) mass is 296 g/mol. The normalized spacial score (nSPS) is 29.4. The van der Waals surface area contributed by atoms with Crippen molar-refractivity contribution in [2.45, 2.75) is 63.1 Å². The van der Waals surface area contributed by atoms with Crippen LogP contribution in [-0.4, -0.2) is 64.8 Å². The summed E-state index contributed by atoms with van der Waals surface area (Å²) in [6.45, 7) is 0.972. The van der Waals surface area contributed by atoms with Crippen molar-refractivity contribution in [3.8, 4) is 0 Å². The van der Waals surface area contributed by atoms with E-state index in [2.05, 4.69) is 0 Å². The maximum atomic E-state index is 12.9. The first-order valence-electron chi connectivity index (χ1n) is 8.07. The largest absolute Gasteiger partial charge is 0.480 e. The van der Waals surface area contributed by atoms with Gasteiger partial charge >= 0.3 is 12.0 Å². The van der Waals surface area contributed by atoms with Crippen molar-refractivity contribution in [2.24, 2.45) is 0 Å². The Bertz CT molecular complexity index is 408. The van der Waals surface area contributed by atoms with E-state index in [0.29, 0.717) is 13.2 Å². The van der Waals surface area contributed by atoms with E-state index in [-0.39, 0.29) is 30.8 Å². The van der Waals surface area contributed by atoms with Gasteiger partial charge in [-0.3, -0.25) is 4.79 Å². The molecule has 1 N–H and O–H groups in total. The molecular formula is C15H24N2O4. The van der Waals surface area contributed by atoms with Gasteiger partial charge in [0.05, 0.1) is 18.8 Å². The van der Waals surface area contributed by atoms with Crippen LogP contribution in [-0.2, 0) is 9.53 Å². The summed E-state index contributed by atoms with van der Waals surface area (Å²) in [5.74, 6) is -0.925. The van der Waals surface area contributed by atoms with Crippen molar-refractivity contribution in [2.75, 3.05) is 19.7 Å². The van der Waals surface area contributed by atoms with Crippen molar-refractivity contribution < 1.29 is 19.4 Å². The molecule has 6 heteroatoms. The minimum absolute atomic E-state index is 0.0931. The summed E-state index contributed by atoms with van der Waals surface area (Å²) in [5.41, 5.74) is 0. The minimum atomic E-state index is -0.925. The lowest BCUT2D eigenvalue weighted by Crippen LogP contribution is -2.57. The molecule has 1 saturated heterocycles. The third-order valence-electron chi connectivity index (χ3n) is 5.04. The van der Waals surface area contributed by atoms with Crippen LogP contribution in [0.25, 0.3) is 0 Å². The Labute approximate surface area is 125 Å². The molecule has 2 unspecified atom stereocenters. The summed E-state index contributed by atoms with van der Waals surface area (Å²) >= 11 is 0. The highest BCUT2D eigenvalue weighted by Gasteiger charge is 2.41. The second-order valence-corrected chi connectivity index (χ2v) is 6.34. The zero-order valence-corrected chi connectivity index (χ0v) is 12.4. The van der Waals surface area contributed by atoms with E-state index in [1.807, 2.05) is 4.90 Å².